The van der Waals surface area contributed by atoms with Crippen LogP contribution < -0.4 is 5.73 Å². The van der Waals surface area contributed by atoms with Crippen molar-refractivity contribution in [3.63, 3.8) is 0 Å². The van der Waals surface area contributed by atoms with E-state index >= 15 is 0 Å². The lowest BCUT2D eigenvalue weighted by Gasteiger charge is -2.10. The molecule has 0 fully saturated rings. The second kappa shape index (κ2) is 5.18. The molecule has 0 radical (unpaired) electrons. The van der Waals surface area contributed by atoms with Crippen molar-refractivity contribution in [2.24, 2.45) is 12.8 Å². The van der Waals surface area contributed by atoms with Gasteiger partial charge in [0.05, 0.1) is 9.59 Å². The number of nitrogens with zero attached hydrogens (tertiary/aromatic N) is 3. The van der Waals surface area contributed by atoms with Gasteiger partial charge in [0.15, 0.2) is 5.16 Å². The highest BCUT2D eigenvalue weighted by atomic mass is 35.5. The summed E-state index contributed by atoms with van der Waals surface area (Å²) in [5.41, 5.74) is 5.77. The van der Waals surface area contributed by atoms with E-state index in [4.69, 9.17) is 17.3 Å². The summed E-state index contributed by atoms with van der Waals surface area (Å²) in [5.74, 6) is 0. The summed E-state index contributed by atoms with van der Waals surface area (Å²) in [5, 5.41) is 5.07. The summed E-state index contributed by atoms with van der Waals surface area (Å²) < 4.78 is 2.52. The molecule has 0 amide bonds. The Morgan fingerprint density at radius 1 is 1.62 bits per heavy atom. The first-order valence-electron chi connectivity index (χ1n) is 4.66. The van der Waals surface area contributed by atoms with E-state index in [1.54, 1.807) is 27.8 Å². The van der Waals surface area contributed by atoms with E-state index in [2.05, 4.69) is 10.1 Å². The summed E-state index contributed by atoms with van der Waals surface area (Å²) in [7, 11) is 1.87. The maximum atomic E-state index is 5.91. The van der Waals surface area contributed by atoms with Crippen molar-refractivity contribution < 1.29 is 0 Å². The van der Waals surface area contributed by atoms with Crippen LogP contribution in [0.4, 0.5) is 0 Å². The van der Waals surface area contributed by atoms with Crippen molar-refractivity contribution in [1.29, 1.82) is 0 Å². The van der Waals surface area contributed by atoms with Gasteiger partial charge in [-0.3, -0.25) is 0 Å². The van der Waals surface area contributed by atoms with E-state index in [1.165, 1.54) is 11.2 Å². The molecule has 1 unspecified atom stereocenters. The fraction of sp³-hybridized carbons (Fsp3) is 0.333. The number of hydrogen-bond donors (Lipinski definition) is 1. The number of nitrogens with two attached hydrogens (primary N) is 1. The van der Waals surface area contributed by atoms with Crippen LogP contribution in [0, 0.1) is 0 Å². The second-order valence-corrected chi connectivity index (χ2v) is 6.07. The van der Waals surface area contributed by atoms with Gasteiger partial charge in [-0.1, -0.05) is 23.4 Å². The third-order valence-electron chi connectivity index (χ3n) is 2.04. The SMILES string of the molecule is Cn1ncnc1SC(CN)c1ccc(Cl)s1. The zero-order chi connectivity index (χ0) is 11.5. The van der Waals surface area contributed by atoms with E-state index in [-0.39, 0.29) is 5.25 Å². The molecule has 2 N–H and O–H groups in total. The minimum absolute atomic E-state index is 0.181. The molecule has 0 aliphatic rings. The van der Waals surface area contributed by atoms with Crippen molar-refractivity contribution in [1.82, 2.24) is 14.8 Å². The fourth-order valence-corrected chi connectivity index (χ4v) is 3.44. The Morgan fingerprint density at radius 2 is 2.44 bits per heavy atom. The van der Waals surface area contributed by atoms with Gasteiger partial charge in [0.25, 0.3) is 0 Å². The summed E-state index contributed by atoms with van der Waals surface area (Å²) in [6, 6.07) is 3.90. The smallest absolute Gasteiger partial charge is 0.186 e. The number of hydrogen-bond acceptors (Lipinski definition) is 5. The van der Waals surface area contributed by atoms with Gasteiger partial charge in [-0.25, -0.2) is 9.67 Å². The predicted molar refractivity (Wildman–Crippen MR) is 68.0 cm³/mol. The number of thiophene rings is 1. The minimum Gasteiger partial charge on any atom is -0.329 e. The molecule has 7 heteroatoms. The van der Waals surface area contributed by atoms with Crippen molar-refractivity contribution in [3.05, 3.63) is 27.7 Å². The molecule has 0 saturated heterocycles. The lowest BCUT2D eigenvalue weighted by Crippen LogP contribution is -2.09. The Kier molecular flexibility index (Phi) is 3.86. The lowest BCUT2D eigenvalue weighted by atomic mass is 10.3. The third-order valence-corrected chi connectivity index (χ3v) is 4.85. The van der Waals surface area contributed by atoms with Gasteiger partial charge in [0, 0.05) is 18.5 Å². The Morgan fingerprint density at radius 3 is 2.94 bits per heavy atom. The highest BCUT2D eigenvalue weighted by Crippen LogP contribution is 2.37. The number of halogens is 1. The molecule has 4 nitrogen and oxygen atoms in total. The average molecular weight is 275 g/mol. The van der Waals surface area contributed by atoms with Crippen LogP contribution in [0.3, 0.4) is 0 Å². The van der Waals surface area contributed by atoms with Crippen LogP contribution in [-0.2, 0) is 7.05 Å². The van der Waals surface area contributed by atoms with Crippen molar-refractivity contribution in [3.8, 4) is 0 Å². The summed E-state index contributed by atoms with van der Waals surface area (Å²) >= 11 is 9.07. The average Bonchev–Trinajstić information content (AvgIpc) is 2.85. The van der Waals surface area contributed by atoms with E-state index < -0.39 is 0 Å². The van der Waals surface area contributed by atoms with Crippen molar-refractivity contribution >= 4 is 34.7 Å². The van der Waals surface area contributed by atoms with Crippen LogP contribution in [0.2, 0.25) is 4.34 Å². The maximum absolute atomic E-state index is 5.91. The first-order valence-corrected chi connectivity index (χ1v) is 6.74. The van der Waals surface area contributed by atoms with Gasteiger partial charge in [-0.05, 0) is 12.1 Å². The molecule has 0 aliphatic carbocycles. The van der Waals surface area contributed by atoms with Gasteiger partial charge in [0.2, 0.25) is 0 Å². The number of aryl methyl sites for hydroxylation is 1. The van der Waals surface area contributed by atoms with Crippen LogP contribution in [-0.4, -0.2) is 21.3 Å². The molecule has 0 aromatic carbocycles. The van der Waals surface area contributed by atoms with Gasteiger partial charge < -0.3 is 5.73 Å². The number of rotatable bonds is 4. The number of thioether (sulfide) groups is 1. The van der Waals surface area contributed by atoms with Gasteiger partial charge >= 0.3 is 0 Å². The monoisotopic (exact) mass is 274 g/mol. The molecule has 16 heavy (non-hydrogen) atoms. The summed E-state index contributed by atoms with van der Waals surface area (Å²) in [6.45, 7) is 0.550. The lowest BCUT2D eigenvalue weighted by molar-refractivity contribution is 0.683. The molecular weight excluding hydrogens is 264 g/mol. The minimum atomic E-state index is 0.181. The highest BCUT2D eigenvalue weighted by molar-refractivity contribution is 7.99. The first kappa shape index (κ1) is 11.9. The molecule has 2 rings (SSSR count). The normalized spacial score (nSPS) is 12.9. The zero-order valence-corrected chi connectivity index (χ0v) is 11.0. The van der Waals surface area contributed by atoms with Crippen molar-refractivity contribution in [2.45, 2.75) is 10.4 Å². The quantitative estimate of drug-likeness (QED) is 0.870. The maximum Gasteiger partial charge on any atom is 0.186 e. The molecule has 0 saturated carbocycles. The Bertz CT molecular complexity index is 468. The van der Waals surface area contributed by atoms with E-state index in [0.717, 1.165) is 9.49 Å². The molecule has 86 valence electrons. The highest BCUT2D eigenvalue weighted by Gasteiger charge is 2.16. The Labute approximate surface area is 107 Å². The molecular formula is C9H11ClN4S2. The summed E-state index contributed by atoms with van der Waals surface area (Å²) in [4.78, 5) is 5.33. The second-order valence-electron chi connectivity index (χ2n) is 3.15. The Balaban J connectivity index is 2.15. The molecule has 0 spiro atoms. The molecule has 0 aliphatic heterocycles. The molecule has 1 atom stereocenters. The third kappa shape index (κ3) is 2.57. The van der Waals surface area contributed by atoms with Crippen LogP contribution in [0.5, 0.6) is 0 Å². The van der Waals surface area contributed by atoms with Gasteiger partial charge in [-0.2, -0.15) is 5.10 Å². The van der Waals surface area contributed by atoms with Gasteiger partial charge in [0.1, 0.15) is 6.33 Å². The van der Waals surface area contributed by atoms with Gasteiger partial charge in [-0.15, -0.1) is 11.3 Å². The van der Waals surface area contributed by atoms with Crippen LogP contribution in [0.25, 0.3) is 0 Å². The molecule has 0 bridgehead atoms. The first-order chi connectivity index (χ1) is 7.70. The fourth-order valence-electron chi connectivity index (χ4n) is 1.24. The zero-order valence-electron chi connectivity index (χ0n) is 8.63. The predicted octanol–water partition coefficient (Wildman–Crippen LogP) is 2.32. The van der Waals surface area contributed by atoms with E-state index in [1.807, 2.05) is 19.2 Å². The molecule has 2 aromatic heterocycles. The summed E-state index contributed by atoms with van der Waals surface area (Å²) in [6.07, 6.45) is 1.54. The van der Waals surface area contributed by atoms with Crippen LogP contribution in [0.15, 0.2) is 23.6 Å². The largest absolute Gasteiger partial charge is 0.329 e. The van der Waals surface area contributed by atoms with Crippen LogP contribution in [0.1, 0.15) is 10.1 Å². The topological polar surface area (TPSA) is 56.7 Å². The molecule has 2 heterocycles. The Hall–Kier alpha value is -0.560. The molecule has 2 aromatic rings. The number of aromatic nitrogens is 3. The van der Waals surface area contributed by atoms with E-state index in [9.17, 15) is 0 Å². The standard InChI is InChI=1S/C9H11ClN4S2/c1-14-9(12-5-13-14)16-7(4-11)6-2-3-8(10)15-6/h2-3,5,7H,4,11H2,1H3. The van der Waals surface area contributed by atoms with E-state index in [0.29, 0.717) is 6.54 Å². The van der Waals surface area contributed by atoms with Crippen LogP contribution >= 0.6 is 34.7 Å². The van der Waals surface area contributed by atoms with Crippen molar-refractivity contribution in [2.75, 3.05) is 6.54 Å².